The van der Waals surface area contributed by atoms with Crippen LogP contribution >= 0.6 is 23.2 Å². The highest BCUT2D eigenvalue weighted by Gasteiger charge is 2.06. The molecule has 0 fully saturated rings. The fourth-order valence-electron chi connectivity index (χ4n) is 1.82. The van der Waals surface area contributed by atoms with Crippen molar-refractivity contribution >= 4 is 46.3 Å². The zero-order chi connectivity index (χ0) is 16.2. The minimum atomic E-state index is -0.487. The summed E-state index contributed by atoms with van der Waals surface area (Å²) in [5.74, 6) is 0.215. The lowest BCUT2D eigenvalue weighted by atomic mass is 10.3. The molecule has 0 aliphatic heterocycles. The topological polar surface area (TPSA) is 62.7 Å². The van der Waals surface area contributed by atoms with Gasteiger partial charge in [0.05, 0.1) is 21.9 Å². The average Bonchev–Trinajstić information content (AvgIpc) is 2.54. The van der Waals surface area contributed by atoms with Gasteiger partial charge in [-0.05, 0) is 30.3 Å². The normalized spacial score (nSPS) is 10.4. The van der Waals surface area contributed by atoms with E-state index >= 15 is 0 Å². The van der Waals surface area contributed by atoms with Crippen LogP contribution in [0, 0.1) is 5.82 Å². The molecule has 23 heavy (non-hydrogen) atoms. The number of nitrogens with one attached hydrogen (secondary N) is 2. The Hall–Kier alpha value is -2.44. The quantitative estimate of drug-likeness (QED) is 0.707. The summed E-state index contributed by atoms with van der Waals surface area (Å²) >= 11 is 11.8. The van der Waals surface area contributed by atoms with E-state index in [9.17, 15) is 4.39 Å². The molecule has 0 atom stereocenters. The lowest BCUT2D eigenvalue weighted by Gasteiger charge is -2.09. The number of aromatic nitrogens is 3. The van der Waals surface area contributed by atoms with Gasteiger partial charge in [-0.25, -0.2) is 4.39 Å². The van der Waals surface area contributed by atoms with E-state index in [0.29, 0.717) is 22.2 Å². The molecule has 2 aromatic carbocycles. The third kappa shape index (κ3) is 3.85. The first-order valence-corrected chi connectivity index (χ1v) is 7.31. The Morgan fingerprint density at radius 1 is 0.957 bits per heavy atom. The molecule has 8 heteroatoms. The van der Waals surface area contributed by atoms with Gasteiger partial charge in [0.1, 0.15) is 5.82 Å². The highest BCUT2D eigenvalue weighted by molar-refractivity contribution is 6.33. The SMILES string of the molecule is Fc1ccc(Nc2cnnc(Nc3ccccc3Cl)n2)cc1Cl. The Morgan fingerprint density at radius 2 is 1.78 bits per heavy atom. The number of halogens is 3. The van der Waals surface area contributed by atoms with E-state index in [1.54, 1.807) is 18.2 Å². The first-order valence-electron chi connectivity index (χ1n) is 6.55. The second-order valence-corrected chi connectivity index (χ2v) is 5.34. The zero-order valence-electron chi connectivity index (χ0n) is 11.6. The van der Waals surface area contributed by atoms with E-state index in [-0.39, 0.29) is 11.0 Å². The van der Waals surface area contributed by atoms with Crippen LogP contribution in [0.1, 0.15) is 0 Å². The Labute approximate surface area is 141 Å². The van der Waals surface area contributed by atoms with E-state index < -0.39 is 5.82 Å². The molecule has 3 aromatic rings. The summed E-state index contributed by atoms with van der Waals surface area (Å²) in [4.78, 5) is 4.27. The Morgan fingerprint density at radius 3 is 2.57 bits per heavy atom. The molecule has 0 amide bonds. The maximum Gasteiger partial charge on any atom is 0.249 e. The zero-order valence-corrected chi connectivity index (χ0v) is 13.1. The summed E-state index contributed by atoms with van der Waals surface area (Å²) in [5.41, 5.74) is 1.25. The average molecular weight is 350 g/mol. The molecule has 0 radical (unpaired) electrons. The second-order valence-electron chi connectivity index (χ2n) is 4.52. The highest BCUT2D eigenvalue weighted by Crippen LogP contribution is 2.24. The minimum Gasteiger partial charge on any atom is -0.339 e. The van der Waals surface area contributed by atoms with E-state index in [1.807, 2.05) is 12.1 Å². The standard InChI is InChI=1S/C15H10Cl2FN5/c16-10-3-1-2-4-13(10)21-15-22-14(8-19-23-15)20-9-5-6-12(18)11(17)7-9/h1-8H,(H2,20,21,22,23). The fourth-order valence-corrected chi connectivity index (χ4v) is 2.19. The molecule has 0 aliphatic rings. The third-order valence-electron chi connectivity index (χ3n) is 2.87. The van der Waals surface area contributed by atoms with Crippen LogP contribution in [-0.2, 0) is 0 Å². The minimum absolute atomic E-state index is 0.0198. The van der Waals surface area contributed by atoms with Crippen molar-refractivity contribution in [2.24, 2.45) is 0 Å². The van der Waals surface area contributed by atoms with Crippen LogP contribution in [0.15, 0.2) is 48.7 Å². The molecule has 2 N–H and O–H groups in total. The first-order chi connectivity index (χ1) is 11.1. The number of para-hydroxylation sites is 1. The molecule has 3 rings (SSSR count). The van der Waals surface area contributed by atoms with Crippen molar-refractivity contribution < 1.29 is 4.39 Å². The van der Waals surface area contributed by atoms with Gasteiger partial charge in [-0.2, -0.15) is 10.1 Å². The van der Waals surface area contributed by atoms with Crippen LogP contribution in [0.2, 0.25) is 10.0 Å². The summed E-state index contributed by atoms with van der Waals surface area (Å²) < 4.78 is 13.2. The molecule has 0 saturated heterocycles. The predicted molar refractivity (Wildman–Crippen MR) is 89.3 cm³/mol. The summed E-state index contributed by atoms with van der Waals surface area (Å²) in [6, 6.07) is 11.5. The van der Waals surface area contributed by atoms with Crippen LogP contribution in [0.25, 0.3) is 0 Å². The van der Waals surface area contributed by atoms with Gasteiger partial charge >= 0.3 is 0 Å². The van der Waals surface area contributed by atoms with Crippen molar-refractivity contribution in [1.82, 2.24) is 15.2 Å². The molecule has 0 spiro atoms. The van der Waals surface area contributed by atoms with Gasteiger partial charge in [0.15, 0.2) is 5.82 Å². The van der Waals surface area contributed by atoms with Gasteiger partial charge in [-0.1, -0.05) is 35.3 Å². The Kier molecular flexibility index (Phi) is 4.55. The van der Waals surface area contributed by atoms with Gasteiger partial charge in [0.25, 0.3) is 0 Å². The van der Waals surface area contributed by atoms with Crippen molar-refractivity contribution in [2.45, 2.75) is 0 Å². The number of hydrogen-bond donors (Lipinski definition) is 2. The molecule has 0 aliphatic carbocycles. The van der Waals surface area contributed by atoms with Crippen LogP contribution in [0.5, 0.6) is 0 Å². The molecular formula is C15H10Cl2FN5. The van der Waals surface area contributed by atoms with Crippen molar-refractivity contribution in [3.63, 3.8) is 0 Å². The summed E-state index contributed by atoms with van der Waals surface area (Å²) in [5, 5.41) is 14.3. The van der Waals surface area contributed by atoms with Crippen molar-refractivity contribution in [3.05, 3.63) is 64.5 Å². The molecule has 5 nitrogen and oxygen atoms in total. The molecule has 0 unspecified atom stereocenters. The molecule has 116 valence electrons. The predicted octanol–water partition coefficient (Wildman–Crippen LogP) is 4.80. The number of hydrogen-bond acceptors (Lipinski definition) is 5. The van der Waals surface area contributed by atoms with E-state index in [4.69, 9.17) is 23.2 Å². The van der Waals surface area contributed by atoms with Gasteiger partial charge < -0.3 is 10.6 Å². The maximum absolute atomic E-state index is 13.2. The van der Waals surface area contributed by atoms with Crippen LogP contribution in [-0.4, -0.2) is 15.2 Å². The second kappa shape index (κ2) is 6.76. The summed E-state index contributed by atoms with van der Waals surface area (Å²) in [6.07, 6.45) is 1.44. The molecule has 0 saturated carbocycles. The van der Waals surface area contributed by atoms with Crippen molar-refractivity contribution in [1.29, 1.82) is 0 Å². The van der Waals surface area contributed by atoms with E-state index in [1.165, 1.54) is 18.3 Å². The van der Waals surface area contributed by atoms with Crippen LogP contribution in [0.3, 0.4) is 0 Å². The molecule has 1 heterocycles. The number of nitrogens with zero attached hydrogens (tertiary/aromatic N) is 3. The summed E-state index contributed by atoms with van der Waals surface area (Å²) in [6.45, 7) is 0. The van der Waals surface area contributed by atoms with E-state index in [2.05, 4.69) is 25.8 Å². The number of benzene rings is 2. The third-order valence-corrected chi connectivity index (χ3v) is 3.49. The van der Waals surface area contributed by atoms with Gasteiger partial charge in [0.2, 0.25) is 5.95 Å². The Balaban J connectivity index is 1.79. The van der Waals surface area contributed by atoms with Crippen molar-refractivity contribution in [2.75, 3.05) is 10.6 Å². The van der Waals surface area contributed by atoms with Gasteiger partial charge in [-0.15, -0.1) is 5.10 Å². The lowest BCUT2D eigenvalue weighted by Crippen LogP contribution is -2.02. The number of rotatable bonds is 4. The smallest absolute Gasteiger partial charge is 0.249 e. The fraction of sp³-hybridized carbons (Fsp3) is 0. The number of anilines is 4. The lowest BCUT2D eigenvalue weighted by molar-refractivity contribution is 0.628. The monoisotopic (exact) mass is 349 g/mol. The van der Waals surface area contributed by atoms with Crippen LogP contribution < -0.4 is 10.6 Å². The molecule has 1 aromatic heterocycles. The van der Waals surface area contributed by atoms with Crippen LogP contribution in [0.4, 0.5) is 27.5 Å². The maximum atomic E-state index is 13.2. The molecule has 0 bridgehead atoms. The molecular weight excluding hydrogens is 340 g/mol. The van der Waals surface area contributed by atoms with E-state index in [0.717, 1.165) is 0 Å². The Bertz CT molecular complexity index is 844. The van der Waals surface area contributed by atoms with Gasteiger partial charge in [0, 0.05) is 5.69 Å². The summed E-state index contributed by atoms with van der Waals surface area (Å²) in [7, 11) is 0. The highest BCUT2D eigenvalue weighted by atomic mass is 35.5. The largest absolute Gasteiger partial charge is 0.339 e. The van der Waals surface area contributed by atoms with Gasteiger partial charge in [-0.3, -0.25) is 0 Å². The van der Waals surface area contributed by atoms with Crippen molar-refractivity contribution in [3.8, 4) is 0 Å². The first kappa shape index (κ1) is 15.5.